The molecule has 0 aliphatic heterocycles. The zero-order chi connectivity index (χ0) is 14.9. The van der Waals surface area contributed by atoms with Gasteiger partial charge in [-0.25, -0.2) is 0 Å². The van der Waals surface area contributed by atoms with Crippen molar-refractivity contribution in [1.29, 1.82) is 0 Å². The molecule has 3 rings (SSSR count). The molecule has 0 unspecified atom stereocenters. The molecule has 2 aromatic carbocycles. The van der Waals surface area contributed by atoms with Gasteiger partial charge in [-0.15, -0.1) is 0 Å². The van der Waals surface area contributed by atoms with E-state index in [4.69, 9.17) is 4.74 Å². The molecule has 1 fully saturated rings. The summed E-state index contributed by atoms with van der Waals surface area (Å²) < 4.78 is 5.74. The third-order valence-electron chi connectivity index (χ3n) is 4.92. The first-order valence-electron chi connectivity index (χ1n) is 7.74. The Kier molecular flexibility index (Phi) is 3.81. The summed E-state index contributed by atoms with van der Waals surface area (Å²) in [5, 5.41) is 2.14. The normalized spacial score (nSPS) is 25.9. The summed E-state index contributed by atoms with van der Waals surface area (Å²) in [6.07, 6.45) is 3.77. The first-order valence-corrected chi connectivity index (χ1v) is 7.74. The minimum Gasteiger partial charge on any atom is -0.370 e. The van der Waals surface area contributed by atoms with Crippen molar-refractivity contribution in [3.63, 3.8) is 0 Å². The summed E-state index contributed by atoms with van der Waals surface area (Å²) in [5.41, 5.74) is 0.167. The summed E-state index contributed by atoms with van der Waals surface area (Å²) in [4.78, 5) is 13.1. The summed E-state index contributed by atoms with van der Waals surface area (Å²) in [5.74, 6) is 0.835. The van der Waals surface area contributed by atoms with Gasteiger partial charge in [-0.1, -0.05) is 49.4 Å². The van der Waals surface area contributed by atoms with Gasteiger partial charge in [0.25, 0.3) is 0 Å². The van der Waals surface area contributed by atoms with Crippen LogP contribution in [-0.2, 0) is 4.74 Å². The fraction of sp³-hybridized carbons (Fsp3) is 0.421. The van der Waals surface area contributed by atoms with Crippen LogP contribution in [0.5, 0.6) is 0 Å². The molecule has 0 aromatic heterocycles. The first kappa shape index (κ1) is 14.3. The lowest BCUT2D eigenvalue weighted by Crippen LogP contribution is -2.44. The van der Waals surface area contributed by atoms with E-state index >= 15 is 0 Å². The average molecular weight is 282 g/mol. The highest BCUT2D eigenvalue weighted by molar-refractivity contribution is 6.12. The topological polar surface area (TPSA) is 26.3 Å². The molecule has 21 heavy (non-hydrogen) atoms. The Morgan fingerprint density at radius 1 is 1.10 bits per heavy atom. The predicted octanol–water partition coefficient (Wildman–Crippen LogP) is 4.62. The Morgan fingerprint density at radius 3 is 2.48 bits per heavy atom. The van der Waals surface area contributed by atoms with Crippen molar-refractivity contribution in [3.8, 4) is 0 Å². The Hall–Kier alpha value is -1.67. The van der Waals surface area contributed by atoms with E-state index in [1.807, 2.05) is 30.3 Å². The highest BCUT2D eigenvalue weighted by Crippen LogP contribution is 2.37. The second-order valence-electron chi connectivity index (χ2n) is 6.24. The van der Waals surface area contributed by atoms with E-state index in [2.05, 4.69) is 19.1 Å². The lowest BCUT2D eigenvalue weighted by atomic mass is 9.75. The molecule has 110 valence electrons. The number of hydrogen-bond donors (Lipinski definition) is 0. The standard InChI is InChI=1S/C19H22O2/c1-14-10-12-19(21-2,13-11-14)18(20)17-9-5-7-15-6-3-4-8-16(15)17/h3-9,14H,10-13H2,1-2H3. The maximum Gasteiger partial charge on any atom is 0.195 e. The molecular weight excluding hydrogens is 260 g/mol. The van der Waals surface area contributed by atoms with Gasteiger partial charge in [-0.2, -0.15) is 0 Å². The molecule has 0 N–H and O–H groups in total. The van der Waals surface area contributed by atoms with Crippen LogP contribution in [0.4, 0.5) is 0 Å². The highest BCUT2D eigenvalue weighted by Gasteiger charge is 2.41. The van der Waals surface area contributed by atoms with Crippen LogP contribution in [0.1, 0.15) is 43.0 Å². The van der Waals surface area contributed by atoms with Gasteiger partial charge in [-0.3, -0.25) is 4.79 Å². The third kappa shape index (κ3) is 2.49. The number of methoxy groups -OCH3 is 1. The molecule has 2 heteroatoms. The first-order chi connectivity index (χ1) is 10.2. The third-order valence-corrected chi connectivity index (χ3v) is 4.92. The van der Waals surface area contributed by atoms with E-state index in [0.29, 0.717) is 5.92 Å². The van der Waals surface area contributed by atoms with E-state index in [1.165, 1.54) is 0 Å². The van der Waals surface area contributed by atoms with Crippen molar-refractivity contribution in [1.82, 2.24) is 0 Å². The van der Waals surface area contributed by atoms with Gasteiger partial charge in [0.1, 0.15) is 5.60 Å². The smallest absolute Gasteiger partial charge is 0.195 e. The molecular formula is C19H22O2. The van der Waals surface area contributed by atoms with Crippen LogP contribution in [-0.4, -0.2) is 18.5 Å². The number of carbonyl (C=O) groups is 1. The summed E-state index contributed by atoms with van der Waals surface area (Å²) in [7, 11) is 1.68. The molecule has 0 heterocycles. The van der Waals surface area contributed by atoms with Crippen LogP contribution < -0.4 is 0 Å². The van der Waals surface area contributed by atoms with Crippen LogP contribution in [0.3, 0.4) is 0 Å². The van der Waals surface area contributed by atoms with Gasteiger partial charge >= 0.3 is 0 Å². The van der Waals surface area contributed by atoms with Gasteiger partial charge in [0.15, 0.2) is 5.78 Å². The van der Waals surface area contributed by atoms with E-state index in [-0.39, 0.29) is 5.78 Å². The zero-order valence-corrected chi connectivity index (χ0v) is 12.8. The number of rotatable bonds is 3. The number of ketones is 1. The summed E-state index contributed by atoms with van der Waals surface area (Å²) >= 11 is 0. The van der Waals surface area contributed by atoms with Gasteiger partial charge in [0, 0.05) is 12.7 Å². The van der Waals surface area contributed by atoms with Crippen LogP contribution >= 0.6 is 0 Å². The molecule has 0 bridgehead atoms. The Balaban J connectivity index is 2.03. The minimum absolute atomic E-state index is 0.147. The van der Waals surface area contributed by atoms with Gasteiger partial charge < -0.3 is 4.74 Å². The predicted molar refractivity (Wildman–Crippen MR) is 85.7 cm³/mol. The van der Waals surface area contributed by atoms with Crippen LogP contribution in [0.25, 0.3) is 10.8 Å². The lowest BCUT2D eigenvalue weighted by molar-refractivity contribution is -0.0261. The number of benzene rings is 2. The van der Waals surface area contributed by atoms with Crippen LogP contribution in [0.15, 0.2) is 42.5 Å². The lowest BCUT2D eigenvalue weighted by Gasteiger charge is -2.37. The van der Waals surface area contributed by atoms with Gasteiger partial charge in [-0.05, 0) is 42.4 Å². The second kappa shape index (κ2) is 5.61. The van der Waals surface area contributed by atoms with Crippen molar-refractivity contribution in [2.75, 3.05) is 7.11 Å². The Bertz CT molecular complexity index is 646. The quantitative estimate of drug-likeness (QED) is 0.768. The SMILES string of the molecule is COC1(C(=O)c2cccc3ccccc23)CCC(C)CC1. The molecule has 1 aliphatic carbocycles. The second-order valence-corrected chi connectivity index (χ2v) is 6.24. The molecule has 0 amide bonds. The fourth-order valence-corrected chi connectivity index (χ4v) is 3.42. The van der Waals surface area contributed by atoms with E-state index in [9.17, 15) is 4.79 Å². The highest BCUT2D eigenvalue weighted by atomic mass is 16.5. The molecule has 1 aliphatic rings. The number of carbonyl (C=O) groups excluding carboxylic acids is 1. The molecule has 0 saturated heterocycles. The van der Waals surface area contributed by atoms with Crippen LogP contribution in [0.2, 0.25) is 0 Å². The average Bonchev–Trinajstić information content (AvgIpc) is 2.55. The van der Waals surface area contributed by atoms with E-state index in [1.54, 1.807) is 7.11 Å². The maximum atomic E-state index is 13.1. The number of Topliss-reactive ketones (excluding diaryl/α,β-unsaturated/α-hetero) is 1. The van der Waals surface area contributed by atoms with Gasteiger partial charge in [0.2, 0.25) is 0 Å². The largest absolute Gasteiger partial charge is 0.370 e. The fourth-order valence-electron chi connectivity index (χ4n) is 3.42. The van der Waals surface area contributed by atoms with Crippen molar-refractivity contribution in [3.05, 3.63) is 48.0 Å². The molecule has 2 aromatic rings. The van der Waals surface area contributed by atoms with E-state index in [0.717, 1.165) is 42.0 Å². The molecule has 0 spiro atoms. The summed E-state index contributed by atoms with van der Waals surface area (Å²) in [6.45, 7) is 2.25. The summed E-state index contributed by atoms with van der Waals surface area (Å²) in [6, 6.07) is 14.0. The number of fused-ring (bicyclic) bond motifs is 1. The van der Waals surface area contributed by atoms with E-state index < -0.39 is 5.60 Å². The van der Waals surface area contributed by atoms with Crippen LogP contribution in [0, 0.1) is 5.92 Å². The van der Waals surface area contributed by atoms with Crippen molar-refractivity contribution >= 4 is 16.6 Å². The molecule has 2 nitrogen and oxygen atoms in total. The van der Waals surface area contributed by atoms with Crippen molar-refractivity contribution in [2.45, 2.75) is 38.2 Å². The zero-order valence-electron chi connectivity index (χ0n) is 12.8. The molecule has 0 atom stereocenters. The number of ether oxygens (including phenoxy) is 1. The minimum atomic E-state index is -0.628. The van der Waals surface area contributed by atoms with Crippen molar-refractivity contribution in [2.24, 2.45) is 5.92 Å². The monoisotopic (exact) mass is 282 g/mol. The molecule has 0 radical (unpaired) electrons. The Labute approximate surface area is 126 Å². The van der Waals surface area contributed by atoms with Gasteiger partial charge in [0.05, 0.1) is 0 Å². The number of hydrogen-bond acceptors (Lipinski definition) is 2. The maximum absolute atomic E-state index is 13.1. The van der Waals surface area contributed by atoms with Crippen molar-refractivity contribution < 1.29 is 9.53 Å². The molecule has 1 saturated carbocycles. The Morgan fingerprint density at radius 2 is 1.76 bits per heavy atom.